The number of carbonyl (C=O) groups is 1. The Morgan fingerprint density at radius 3 is 2.21 bits per heavy atom. The Kier molecular flexibility index (Phi) is 3.93. The topological polar surface area (TPSA) is 55.1 Å². The number of nitrogen functional groups attached to an aromatic ring is 1. The third-order valence-electron chi connectivity index (χ3n) is 4.80. The molecule has 1 fully saturated rings. The predicted octanol–water partition coefficient (Wildman–Crippen LogP) is 3.16. The summed E-state index contributed by atoms with van der Waals surface area (Å²) in [5.74, 6) is -0.0246. The van der Waals surface area contributed by atoms with Gasteiger partial charge in [0.2, 0.25) is 0 Å². The molecule has 0 radical (unpaired) electrons. The fourth-order valence-corrected chi connectivity index (χ4v) is 2.65. The molecule has 1 saturated carbocycles. The number of nitrogens with two attached hydrogens (primary N) is 1. The Morgan fingerprint density at radius 2 is 1.74 bits per heavy atom. The number of halogens is 1. The molecular weight excluding hydrogens is 260 g/mol. The van der Waals surface area contributed by atoms with Gasteiger partial charge in [-0.25, -0.2) is 0 Å². The molecule has 0 atom stereocenters. The first-order chi connectivity index (χ1) is 8.18. The summed E-state index contributed by atoms with van der Waals surface area (Å²) in [6.07, 6.45) is 0. The van der Waals surface area contributed by atoms with Gasteiger partial charge in [0.05, 0.1) is 0 Å². The maximum absolute atomic E-state index is 12.3. The lowest BCUT2D eigenvalue weighted by molar-refractivity contribution is 0.0943. The van der Waals surface area contributed by atoms with Crippen LogP contribution in [0, 0.1) is 17.8 Å². The van der Waals surface area contributed by atoms with Crippen molar-refractivity contribution in [2.75, 3.05) is 5.73 Å². The number of hydrogen-bond donors (Lipinski definition) is 2. The quantitative estimate of drug-likeness (QED) is 0.819. The number of anilines is 1. The van der Waals surface area contributed by atoms with Gasteiger partial charge in [-0.05, 0) is 35.4 Å². The number of nitrogens with one attached hydrogen (secondary N) is 1. The zero-order chi connectivity index (χ0) is 13.7. The van der Waals surface area contributed by atoms with Crippen LogP contribution in [-0.4, -0.2) is 11.9 Å². The van der Waals surface area contributed by atoms with E-state index in [0.717, 1.165) is 5.56 Å². The van der Waals surface area contributed by atoms with E-state index in [0.29, 0.717) is 11.3 Å². The minimum Gasteiger partial charge on any atom is -0.399 e. The summed E-state index contributed by atoms with van der Waals surface area (Å²) in [7, 11) is 0. The molecule has 1 amide bonds. The van der Waals surface area contributed by atoms with Gasteiger partial charge < -0.3 is 11.1 Å². The van der Waals surface area contributed by atoms with Crippen LogP contribution in [0.5, 0.6) is 0 Å². The molecule has 19 heavy (non-hydrogen) atoms. The molecular formula is C15H23ClN2O. The second-order valence-electron chi connectivity index (χ2n) is 6.42. The zero-order valence-electron chi connectivity index (χ0n) is 12.2. The second kappa shape index (κ2) is 4.71. The Labute approximate surface area is 121 Å². The first-order valence-corrected chi connectivity index (χ1v) is 6.35. The zero-order valence-corrected chi connectivity index (χ0v) is 13.0. The Morgan fingerprint density at radius 1 is 1.21 bits per heavy atom. The van der Waals surface area contributed by atoms with Crippen LogP contribution in [0.3, 0.4) is 0 Å². The lowest BCUT2D eigenvalue weighted by atomic mass is 10.0. The Hall–Kier alpha value is -1.22. The van der Waals surface area contributed by atoms with E-state index in [1.54, 1.807) is 6.07 Å². The highest BCUT2D eigenvalue weighted by molar-refractivity contribution is 5.97. The van der Waals surface area contributed by atoms with Gasteiger partial charge in [-0.1, -0.05) is 33.8 Å². The average molecular weight is 283 g/mol. The highest BCUT2D eigenvalue weighted by Crippen LogP contribution is 2.62. The monoisotopic (exact) mass is 282 g/mol. The molecule has 1 aromatic rings. The van der Waals surface area contributed by atoms with Crippen molar-refractivity contribution in [3.8, 4) is 0 Å². The molecule has 1 aromatic carbocycles. The summed E-state index contributed by atoms with van der Waals surface area (Å²) in [6, 6.07) is 5.66. The van der Waals surface area contributed by atoms with Crippen LogP contribution >= 0.6 is 12.4 Å². The SMILES string of the molecule is Cc1ccc(N)cc1C(=O)NC1C(C)(C)C1(C)C.Cl. The summed E-state index contributed by atoms with van der Waals surface area (Å²) in [5.41, 5.74) is 8.29. The predicted molar refractivity (Wildman–Crippen MR) is 81.7 cm³/mol. The van der Waals surface area contributed by atoms with Gasteiger partial charge >= 0.3 is 0 Å². The molecule has 0 saturated heterocycles. The van der Waals surface area contributed by atoms with E-state index in [1.807, 2.05) is 19.1 Å². The van der Waals surface area contributed by atoms with Crippen LogP contribution < -0.4 is 11.1 Å². The van der Waals surface area contributed by atoms with E-state index < -0.39 is 0 Å². The molecule has 106 valence electrons. The first-order valence-electron chi connectivity index (χ1n) is 6.35. The van der Waals surface area contributed by atoms with Crippen molar-refractivity contribution in [1.29, 1.82) is 0 Å². The standard InChI is InChI=1S/C15H22N2O.ClH/c1-9-6-7-10(16)8-11(9)12(18)17-13-14(2,3)15(13,4)5;/h6-8,13H,16H2,1-5H3,(H,17,18);1H. The Bertz CT molecular complexity index is 495. The van der Waals surface area contributed by atoms with Crippen molar-refractivity contribution in [3.63, 3.8) is 0 Å². The lowest BCUT2D eigenvalue weighted by Gasteiger charge is -2.10. The van der Waals surface area contributed by atoms with Crippen LogP contribution in [-0.2, 0) is 0 Å². The smallest absolute Gasteiger partial charge is 0.251 e. The number of benzene rings is 1. The first kappa shape index (κ1) is 15.8. The van der Waals surface area contributed by atoms with E-state index in [1.165, 1.54) is 0 Å². The number of hydrogen-bond acceptors (Lipinski definition) is 2. The molecule has 4 heteroatoms. The number of aryl methyl sites for hydroxylation is 1. The van der Waals surface area contributed by atoms with Gasteiger partial charge in [0.25, 0.3) is 5.91 Å². The summed E-state index contributed by atoms with van der Waals surface area (Å²) in [6.45, 7) is 10.7. The van der Waals surface area contributed by atoms with Crippen molar-refractivity contribution in [1.82, 2.24) is 5.32 Å². The normalized spacial score (nSPS) is 19.4. The van der Waals surface area contributed by atoms with Gasteiger partial charge in [-0.15, -0.1) is 12.4 Å². The van der Waals surface area contributed by atoms with Gasteiger partial charge in [0.15, 0.2) is 0 Å². The van der Waals surface area contributed by atoms with E-state index in [-0.39, 0.29) is 35.2 Å². The van der Waals surface area contributed by atoms with Crippen LogP contribution in [0.1, 0.15) is 43.6 Å². The molecule has 0 spiro atoms. The molecule has 0 aromatic heterocycles. The van der Waals surface area contributed by atoms with Crippen molar-refractivity contribution in [2.24, 2.45) is 10.8 Å². The van der Waals surface area contributed by atoms with Crippen LogP contribution in [0.2, 0.25) is 0 Å². The second-order valence-corrected chi connectivity index (χ2v) is 6.42. The molecule has 0 heterocycles. The minimum atomic E-state index is -0.0246. The van der Waals surface area contributed by atoms with E-state index in [9.17, 15) is 4.79 Å². The van der Waals surface area contributed by atoms with E-state index in [2.05, 4.69) is 33.0 Å². The van der Waals surface area contributed by atoms with Crippen LogP contribution in [0.4, 0.5) is 5.69 Å². The highest BCUT2D eigenvalue weighted by atomic mass is 35.5. The maximum Gasteiger partial charge on any atom is 0.251 e. The molecule has 1 aliphatic carbocycles. The fourth-order valence-electron chi connectivity index (χ4n) is 2.65. The Balaban J connectivity index is 0.00000180. The molecule has 0 bridgehead atoms. The van der Waals surface area contributed by atoms with E-state index >= 15 is 0 Å². The summed E-state index contributed by atoms with van der Waals surface area (Å²) in [4.78, 5) is 12.3. The maximum atomic E-state index is 12.3. The van der Waals surface area contributed by atoms with Crippen molar-refractivity contribution < 1.29 is 4.79 Å². The number of amides is 1. The highest BCUT2D eigenvalue weighted by Gasteiger charge is 2.65. The average Bonchev–Trinajstić information content (AvgIpc) is 2.64. The third kappa shape index (κ3) is 2.44. The van der Waals surface area contributed by atoms with Crippen LogP contribution in [0.25, 0.3) is 0 Å². The third-order valence-corrected chi connectivity index (χ3v) is 4.80. The number of carbonyl (C=O) groups excluding carboxylic acids is 1. The molecule has 2 rings (SSSR count). The summed E-state index contributed by atoms with van der Waals surface area (Å²) < 4.78 is 0. The van der Waals surface area contributed by atoms with Gasteiger partial charge in [0, 0.05) is 17.3 Å². The lowest BCUT2D eigenvalue weighted by Crippen LogP contribution is -2.30. The molecule has 3 nitrogen and oxygen atoms in total. The van der Waals surface area contributed by atoms with Crippen molar-refractivity contribution in [2.45, 2.75) is 40.7 Å². The summed E-state index contributed by atoms with van der Waals surface area (Å²) in [5, 5.41) is 3.12. The van der Waals surface area contributed by atoms with Gasteiger partial charge in [-0.3, -0.25) is 4.79 Å². The molecule has 1 aliphatic rings. The molecule has 3 N–H and O–H groups in total. The molecule has 0 unspecified atom stereocenters. The fraction of sp³-hybridized carbons (Fsp3) is 0.533. The van der Waals surface area contributed by atoms with E-state index in [4.69, 9.17) is 5.73 Å². The summed E-state index contributed by atoms with van der Waals surface area (Å²) >= 11 is 0. The number of rotatable bonds is 2. The largest absolute Gasteiger partial charge is 0.399 e. The van der Waals surface area contributed by atoms with Crippen molar-refractivity contribution in [3.05, 3.63) is 29.3 Å². The van der Waals surface area contributed by atoms with Gasteiger partial charge in [-0.2, -0.15) is 0 Å². The van der Waals surface area contributed by atoms with Crippen LogP contribution in [0.15, 0.2) is 18.2 Å². The molecule has 0 aliphatic heterocycles. The van der Waals surface area contributed by atoms with Crippen molar-refractivity contribution >= 4 is 24.0 Å². The minimum absolute atomic E-state index is 0. The van der Waals surface area contributed by atoms with Gasteiger partial charge in [0.1, 0.15) is 0 Å².